The summed E-state index contributed by atoms with van der Waals surface area (Å²) in [7, 11) is 0. The van der Waals surface area contributed by atoms with E-state index in [1.165, 1.54) is 0 Å². The fourth-order valence-corrected chi connectivity index (χ4v) is 1.15. The maximum Gasteiger partial charge on any atom is 0.178 e. The SMILES string of the molecule is Cc1ccncc1C(=O)CNC(C)C. The van der Waals surface area contributed by atoms with Crippen LogP contribution in [0.15, 0.2) is 18.5 Å². The minimum atomic E-state index is 0.101. The van der Waals surface area contributed by atoms with E-state index in [0.717, 1.165) is 5.56 Å². The van der Waals surface area contributed by atoms with Gasteiger partial charge in [-0.3, -0.25) is 9.78 Å². The predicted octanol–water partition coefficient (Wildman–Crippen LogP) is 1.57. The van der Waals surface area contributed by atoms with E-state index >= 15 is 0 Å². The zero-order valence-corrected chi connectivity index (χ0v) is 8.87. The summed E-state index contributed by atoms with van der Waals surface area (Å²) in [6, 6.07) is 2.18. The highest BCUT2D eigenvalue weighted by Gasteiger charge is 2.08. The van der Waals surface area contributed by atoms with Crippen LogP contribution < -0.4 is 5.32 Å². The Morgan fingerprint density at radius 3 is 2.86 bits per heavy atom. The zero-order chi connectivity index (χ0) is 10.6. The van der Waals surface area contributed by atoms with E-state index in [1.54, 1.807) is 12.4 Å². The first-order valence-electron chi connectivity index (χ1n) is 4.78. The Balaban J connectivity index is 2.65. The summed E-state index contributed by atoms with van der Waals surface area (Å²) in [6.45, 7) is 6.33. The quantitative estimate of drug-likeness (QED) is 0.736. The number of carbonyl (C=O) groups is 1. The van der Waals surface area contributed by atoms with Crippen LogP contribution in [0.1, 0.15) is 29.8 Å². The molecular weight excluding hydrogens is 176 g/mol. The molecule has 0 bridgehead atoms. The van der Waals surface area contributed by atoms with E-state index in [2.05, 4.69) is 10.3 Å². The molecule has 0 saturated heterocycles. The maximum atomic E-state index is 11.7. The van der Waals surface area contributed by atoms with Crippen LogP contribution in [0.2, 0.25) is 0 Å². The summed E-state index contributed by atoms with van der Waals surface area (Å²) < 4.78 is 0. The highest BCUT2D eigenvalue weighted by molar-refractivity contribution is 5.98. The van der Waals surface area contributed by atoms with Gasteiger partial charge in [0.2, 0.25) is 0 Å². The molecule has 0 unspecified atom stereocenters. The molecule has 76 valence electrons. The normalized spacial score (nSPS) is 10.6. The van der Waals surface area contributed by atoms with Gasteiger partial charge in [-0.25, -0.2) is 0 Å². The van der Waals surface area contributed by atoms with Gasteiger partial charge >= 0.3 is 0 Å². The summed E-state index contributed by atoms with van der Waals surface area (Å²) >= 11 is 0. The number of carbonyl (C=O) groups excluding carboxylic acids is 1. The molecule has 0 radical (unpaired) electrons. The third-order valence-corrected chi connectivity index (χ3v) is 2.01. The molecule has 0 aromatic carbocycles. The summed E-state index contributed by atoms with van der Waals surface area (Å²) in [5, 5.41) is 3.09. The lowest BCUT2D eigenvalue weighted by Gasteiger charge is -2.08. The minimum absolute atomic E-state index is 0.101. The molecule has 3 heteroatoms. The maximum absolute atomic E-state index is 11.7. The Kier molecular flexibility index (Phi) is 3.77. The van der Waals surface area contributed by atoms with Crippen molar-refractivity contribution in [1.82, 2.24) is 10.3 Å². The first kappa shape index (κ1) is 10.9. The molecule has 0 atom stereocenters. The molecule has 0 fully saturated rings. The smallest absolute Gasteiger partial charge is 0.178 e. The van der Waals surface area contributed by atoms with Crippen LogP contribution in [-0.2, 0) is 0 Å². The summed E-state index contributed by atoms with van der Waals surface area (Å²) in [6.07, 6.45) is 3.32. The second kappa shape index (κ2) is 4.86. The van der Waals surface area contributed by atoms with Crippen molar-refractivity contribution >= 4 is 5.78 Å². The van der Waals surface area contributed by atoms with Crippen molar-refractivity contribution < 1.29 is 4.79 Å². The number of nitrogens with zero attached hydrogens (tertiary/aromatic N) is 1. The molecule has 1 heterocycles. The number of aryl methyl sites for hydroxylation is 1. The average molecular weight is 192 g/mol. The van der Waals surface area contributed by atoms with Gasteiger partial charge in [-0.05, 0) is 18.6 Å². The molecular formula is C11H16N2O. The third kappa shape index (κ3) is 2.92. The lowest BCUT2D eigenvalue weighted by Crippen LogP contribution is -2.29. The summed E-state index contributed by atoms with van der Waals surface area (Å²) in [4.78, 5) is 15.6. The Bertz CT molecular complexity index is 321. The number of ketones is 1. The second-order valence-electron chi connectivity index (χ2n) is 3.65. The number of nitrogens with one attached hydrogen (secondary N) is 1. The lowest BCUT2D eigenvalue weighted by atomic mass is 10.1. The predicted molar refractivity (Wildman–Crippen MR) is 56.4 cm³/mol. The van der Waals surface area contributed by atoms with E-state index < -0.39 is 0 Å². The molecule has 0 aliphatic carbocycles. The van der Waals surface area contributed by atoms with Crippen LogP contribution in [-0.4, -0.2) is 23.4 Å². The van der Waals surface area contributed by atoms with E-state index in [4.69, 9.17) is 0 Å². The van der Waals surface area contributed by atoms with Crippen LogP contribution in [0.5, 0.6) is 0 Å². The molecule has 0 amide bonds. The van der Waals surface area contributed by atoms with Crippen molar-refractivity contribution in [3.05, 3.63) is 29.6 Å². The monoisotopic (exact) mass is 192 g/mol. The van der Waals surface area contributed by atoms with Gasteiger partial charge < -0.3 is 5.32 Å². The fourth-order valence-electron chi connectivity index (χ4n) is 1.15. The van der Waals surface area contributed by atoms with Crippen molar-refractivity contribution in [2.75, 3.05) is 6.54 Å². The van der Waals surface area contributed by atoms with Crippen LogP contribution >= 0.6 is 0 Å². The van der Waals surface area contributed by atoms with Crippen molar-refractivity contribution in [3.8, 4) is 0 Å². The van der Waals surface area contributed by atoms with Crippen LogP contribution in [0.3, 0.4) is 0 Å². The molecule has 14 heavy (non-hydrogen) atoms. The average Bonchev–Trinajstić information content (AvgIpc) is 2.15. The Hall–Kier alpha value is -1.22. The Labute approximate surface area is 84.6 Å². The van der Waals surface area contributed by atoms with Crippen molar-refractivity contribution in [3.63, 3.8) is 0 Å². The van der Waals surface area contributed by atoms with E-state index in [9.17, 15) is 4.79 Å². The lowest BCUT2D eigenvalue weighted by molar-refractivity contribution is 0.0987. The number of rotatable bonds is 4. The number of hydrogen-bond acceptors (Lipinski definition) is 3. The first-order chi connectivity index (χ1) is 6.61. The third-order valence-electron chi connectivity index (χ3n) is 2.01. The van der Waals surface area contributed by atoms with Crippen LogP contribution in [0, 0.1) is 6.92 Å². The van der Waals surface area contributed by atoms with Gasteiger partial charge in [-0.2, -0.15) is 0 Å². The van der Waals surface area contributed by atoms with Gasteiger partial charge in [0.15, 0.2) is 5.78 Å². The minimum Gasteiger partial charge on any atom is -0.307 e. The van der Waals surface area contributed by atoms with Gasteiger partial charge in [-0.15, -0.1) is 0 Å². The fraction of sp³-hybridized carbons (Fsp3) is 0.455. The number of hydrogen-bond donors (Lipinski definition) is 1. The first-order valence-corrected chi connectivity index (χ1v) is 4.78. The van der Waals surface area contributed by atoms with Crippen LogP contribution in [0.4, 0.5) is 0 Å². The van der Waals surface area contributed by atoms with Gasteiger partial charge in [0.05, 0.1) is 6.54 Å². The van der Waals surface area contributed by atoms with Gasteiger partial charge in [-0.1, -0.05) is 13.8 Å². The molecule has 1 aromatic rings. The molecule has 1 rings (SSSR count). The van der Waals surface area contributed by atoms with E-state index in [-0.39, 0.29) is 5.78 Å². The molecule has 1 aromatic heterocycles. The number of pyridine rings is 1. The van der Waals surface area contributed by atoms with Crippen molar-refractivity contribution in [1.29, 1.82) is 0 Å². The molecule has 0 spiro atoms. The Morgan fingerprint density at radius 1 is 1.57 bits per heavy atom. The molecule has 0 saturated carbocycles. The van der Waals surface area contributed by atoms with Gasteiger partial charge in [0, 0.05) is 24.0 Å². The largest absolute Gasteiger partial charge is 0.307 e. The second-order valence-corrected chi connectivity index (χ2v) is 3.65. The highest BCUT2D eigenvalue weighted by atomic mass is 16.1. The Morgan fingerprint density at radius 2 is 2.29 bits per heavy atom. The molecule has 3 nitrogen and oxygen atoms in total. The number of aromatic nitrogens is 1. The zero-order valence-electron chi connectivity index (χ0n) is 8.87. The standard InChI is InChI=1S/C11H16N2O/c1-8(2)13-7-11(14)10-6-12-5-4-9(10)3/h4-6,8,13H,7H2,1-3H3. The van der Waals surface area contributed by atoms with E-state index in [1.807, 2.05) is 26.8 Å². The molecule has 0 aliphatic rings. The topological polar surface area (TPSA) is 42.0 Å². The highest BCUT2D eigenvalue weighted by Crippen LogP contribution is 2.05. The summed E-state index contributed by atoms with van der Waals surface area (Å²) in [5.74, 6) is 0.101. The molecule has 1 N–H and O–H groups in total. The van der Waals surface area contributed by atoms with E-state index in [0.29, 0.717) is 18.2 Å². The van der Waals surface area contributed by atoms with Crippen molar-refractivity contribution in [2.45, 2.75) is 26.8 Å². The van der Waals surface area contributed by atoms with Gasteiger partial charge in [0.1, 0.15) is 0 Å². The number of Topliss-reactive ketones (excluding diaryl/α,β-unsaturated/α-hetero) is 1. The summed E-state index contributed by atoms with van der Waals surface area (Å²) in [5.41, 5.74) is 1.69. The van der Waals surface area contributed by atoms with Crippen molar-refractivity contribution in [2.24, 2.45) is 0 Å². The molecule has 0 aliphatic heterocycles. The van der Waals surface area contributed by atoms with Crippen LogP contribution in [0.25, 0.3) is 0 Å². The van der Waals surface area contributed by atoms with Gasteiger partial charge in [0.25, 0.3) is 0 Å².